The fourth-order valence-corrected chi connectivity index (χ4v) is 2.94. The maximum atomic E-state index is 12.0. The average Bonchev–Trinajstić information content (AvgIpc) is 2.68. The zero-order valence-corrected chi connectivity index (χ0v) is 15.4. The smallest absolute Gasteiger partial charge is 0.411 e. The minimum Gasteiger partial charge on any atom is -0.497 e. The van der Waals surface area contributed by atoms with Gasteiger partial charge in [-0.2, -0.15) is 0 Å². The fraction of sp³-hybridized carbons (Fsp3) is 0.300. The van der Waals surface area contributed by atoms with Crippen LogP contribution in [0.25, 0.3) is 0 Å². The van der Waals surface area contributed by atoms with E-state index in [2.05, 4.69) is 10.6 Å². The number of likely N-dealkylation sites (N-methyl/N-ethyl adjacent to an activating group) is 1. The molecule has 2 aromatic carbocycles. The number of nitrogens with one attached hydrogen (secondary N) is 2. The van der Waals surface area contributed by atoms with Gasteiger partial charge in [0.1, 0.15) is 12.4 Å². The molecule has 0 saturated carbocycles. The summed E-state index contributed by atoms with van der Waals surface area (Å²) in [5, 5.41) is 5.58. The van der Waals surface area contributed by atoms with E-state index in [1.807, 2.05) is 60.5 Å². The first-order valence-corrected chi connectivity index (χ1v) is 8.69. The minimum atomic E-state index is -0.513. The Hall–Kier alpha value is -3.06. The van der Waals surface area contributed by atoms with Crippen LogP contribution in [-0.4, -0.2) is 44.1 Å². The number of nitrogens with zero attached hydrogens (tertiary/aromatic N) is 1. The molecule has 0 unspecified atom stereocenters. The van der Waals surface area contributed by atoms with Crippen LogP contribution >= 0.6 is 0 Å². The van der Waals surface area contributed by atoms with Gasteiger partial charge in [-0.25, -0.2) is 4.79 Å². The molecule has 2 amide bonds. The van der Waals surface area contributed by atoms with E-state index in [4.69, 9.17) is 9.47 Å². The van der Waals surface area contributed by atoms with Crippen LogP contribution < -0.4 is 15.4 Å². The van der Waals surface area contributed by atoms with Gasteiger partial charge in [0.15, 0.2) is 0 Å². The molecule has 1 atom stereocenters. The van der Waals surface area contributed by atoms with Gasteiger partial charge >= 0.3 is 6.09 Å². The monoisotopic (exact) mass is 369 g/mol. The van der Waals surface area contributed by atoms with E-state index >= 15 is 0 Å². The van der Waals surface area contributed by atoms with Crippen LogP contribution in [0.5, 0.6) is 5.75 Å². The number of benzene rings is 2. The Morgan fingerprint density at radius 1 is 1.19 bits per heavy atom. The van der Waals surface area contributed by atoms with Crippen molar-refractivity contribution in [3.8, 4) is 5.75 Å². The Balaban J connectivity index is 1.51. The lowest BCUT2D eigenvalue weighted by molar-refractivity contribution is -0.125. The Labute approximate surface area is 158 Å². The molecule has 0 radical (unpaired) electrons. The normalized spacial score (nSPS) is 17.1. The second kappa shape index (κ2) is 8.55. The van der Waals surface area contributed by atoms with Crippen LogP contribution in [0.15, 0.2) is 48.5 Å². The van der Waals surface area contributed by atoms with Crippen LogP contribution in [0.3, 0.4) is 0 Å². The lowest BCUT2D eigenvalue weighted by atomic mass is 10.0. The number of hydrogen-bond donors (Lipinski definition) is 2. The summed E-state index contributed by atoms with van der Waals surface area (Å²) in [6.07, 6.45) is -0.513. The summed E-state index contributed by atoms with van der Waals surface area (Å²) in [6, 6.07) is 15.0. The summed E-state index contributed by atoms with van der Waals surface area (Å²) >= 11 is 0. The highest BCUT2D eigenvalue weighted by Gasteiger charge is 2.24. The number of piperazine rings is 1. The summed E-state index contributed by atoms with van der Waals surface area (Å²) in [5.41, 5.74) is 2.61. The van der Waals surface area contributed by atoms with Crippen LogP contribution in [-0.2, 0) is 16.1 Å². The number of ether oxygens (including phenoxy) is 2. The predicted molar refractivity (Wildman–Crippen MR) is 102 cm³/mol. The zero-order chi connectivity index (χ0) is 19.2. The number of methoxy groups -OCH3 is 1. The molecule has 1 aliphatic rings. The first-order valence-electron chi connectivity index (χ1n) is 8.69. The lowest BCUT2D eigenvalue weighted by Crippen LogP contribution is -2.47. The van der Waals surface area contributed by atoms with Gasteiger partial charge in [-0.15, -0.1) is 0 Å². The number of amides is 2. The van der Waals surface area contributed by atoms with Gasteiger partial charge in [-0.3, -0.25) is 15.0 Å². The molecule has 7 heteroatoms. The molecule has 27 heavy (non-hydrogen) atoms. The number of rotatable bonds is 5. The van der Waals surface area contributed by atoms with Crippen molar-refractivity contribution in [1.82, 2.24) is 10.2 Å². The highest BCUT2D eigenvalue weighted by Crippen LogP contribution is 2.22. The molecule has 0 aliphatic carbocycles. The van der Waals surface area contributed by atoms with E-state index in [1.165, 1.54) is 0 Å². The molecule has 0 spiro atoms. The average molecular weight is 369 g/mol. The van der Waals surface area contributed by atoms with Crippen molar-refractivity contribution < 1.29 is 19.1 Å². The Bertz CT molecular complexity index is 790. The molecule has 2 aromatic rings. The minimum absolute atomic E-state index is 0.0339. The highest BCUT2D eigenvalue weighted by molar-refractivity contribution is 5.84. The largest absolute Gasteiger partial charge is 0.497 e. The Morgan fingerprint density at radius 3 is 2.52 bits per heavy atom. The summed E-state index contributed by atoms with van der Waals surface area (Å²) in [7, 11) is 3.53. The molecular formula is C20H23N3O4. The van der Waals surface area contributed by atoms with Gasteiger partial charge < -0.3 is 14.8 Å². The van der Waals surface area contributed by atoms with Crippen molar-refractivity contribution in [2.24, 2.45) is 0 Å². The third-order valence-electron chi connectivity index (χ3n) is 4.49. The van der Waals surface area contributed by atoms with E-state index in [-0.39, 0.29) is 18.6 Å². The van der Waals surface area contributed by atoms with Gasteiger partial charge in [0, 0.05) is 12.2 Å². The first kappa shape index (κ1) is 18.7. The maximum absolute atomic E-state index is 12.0. The third kappa shape index (κ3) is 4.98. The molecule has 1 aliphatic heterocycles. The van der Waals surface area contributed by atoms with E-state index in [0.717, 1.165) is 16.9 Å². The summed E-state index contributed by atoms with van der Waals surface area (Å²) in [4.78, 5) is 25.4. The van der Waals surface area contributed by atoms with Crippen LogP contribution in [0, 0.1) is 0 Å². The molecule has 1 saturated heterocycles. The van der Waals surface area contributed by atoms with Gasteiger partial charge in [-0.1, -0.05) is 24.3 Å². The van der Waals surface area contributed by atoms with Crippen molar-refractivity contribution >= 4 is 17.7 Å². The molecule has 1 heterocycles. The number of hydrogen-bond acceptors (Lipinski definition) is 5. The molecule has 0 bridgehead atoms. The van der Waals surface area contributed by atoms with Crippen molar-refractivity contribution in [2.45, 2.75) is 12.6 Å². The molecule has 142 valence electrons. The van der Waals surface area contributed by atoms with Crippen LogP contribution in [0.4, 0.5) is 10.5 Å². The van der Waals surface area contributed by atoms with Crippen molar-refractivity contribution in [3.63, 3.8) is 0 Å². The lowest BCUT2D eigenvalue weighted by Gasteiger charge is -2.32. The standard InChI is InChI=1S/C20H23N3O4/c1-23-12-19(24)21-11-18(23)15-5-7-16(8-6-15)22-20(25)27-13-14-3-9-17(26-2)10-4-14/h3-10,18H,11-13H2,1-2H3,(H,21,24)(H,22,25)/t18-/m1/s1. The topological polar surface area (TPSA) is 79.9 Å². The van der Waals surface area contributed by atoms with Crippen molar-refractivity contribution in [2.75, 3.05) is 32.6 Å². The van der Waals surface area contributed by atoms with Gasteiger partial charge in [0.2, 0.25) is 5.91 Å². The SMILES string of the molecule is COc1ccc(COC(=O)Nc2ccc([C@H]3CNC(=O)CN3C)cc2)cc1. The van der Waals surface area contributed by atoms with Crippen molar-refractivity contribution in [3.05, 3.63) is 59.7 Å². The van der Waals surface area contributed by atoms with E-state index < -0.39 is 6.09 Å². The number of carbonyl (C=O) groups excluding carboxylic acids is 2. The van der Waals surface area contributed by atoms with Crippen LogP contribution in [0.1, 0.15) is 17.2 Å². The van der Waals surface area contributed by atoms with E-state index in [9.17, 15) is 9.59 Å². The first-order chi connectivity index (χ1) is 13.0. The molecule has 2 N–H and O–H groups in total. The third-order valence-corrected chi connectivity index (χ3v) is 4.49. The van der Waals surface area contributed by atoms with Crippen LogP contribution in [0.2, 0.25) is 0 Å². The van der Waals surface area contributed by atoms with Crippen molar-refractivity contribution in [1.29, 1.82) is 0 Å². The molecule has 1 fully saturated rings. The maximum Gasteiger partial charge on any atom is 0.411 e. The summed E-state index contributed by atoms with van der Waals surface area (Å²) in [6.45, 7) is 1.13. The fourth-order valence-electron chi connectivity index (χ4n) is 2.94. The summed E-state index contributed by atoms with van der Waals surface area (Å²) < 4.78 is 10.3. The quantitative estimate of drug-likeness (QED) is 0.847. The van der Waals surface area contributed by atoms with Gasteiger partial charge in [0.25, 0.3) is 0 Å². The second-order valence-corrected chi connectivity index (χ2v) is 6.41. The molecule has 0 aromatic heterocycles. The Morgan fingerprint density at radius 2 is 1.89 bits per heavy atom. The predicted octanol–water partition coefficient (Wildman–Crippen LogP) is 2.55. The molecule has 3 rings (SSSR count). The number of anilines is 1. The van der Waals surface area contributed by atoms with Gasteiger partial charge in [0.05, 0.1) is 19.7 Å². The van der Waals surface area contributed by atoms with Gasteiger partial charge in [-0.05, 0) is 42.4 Å². The van der Waals surface area contributed by atoms with E-state index in [0.29, 0.717) is 18.8 Å². The zero-order valence-electron chi connectivity index (χ0n) is 15.4. The second-order valence-electron chi connectivity index (χ2n) is 6.41. The molecular weight excluding hydrogens is 346 g/mol. The van der Waals surface area contributed by atoms with E-state index in [1.54, 1.807) is 7.11 Å². The Kier molecular flexibility index (Phi) is 5.93. The molecule has 7 nitrogen and oxygen atoms in total. The highest BCUT2D eigenvalue weighted by atomic mass is 16.5. The summed E-state index contributed by atoms with van der Waals surface area (Å²) in [5.74, 6) is 0.790. The number of carbonyl (C=O) groups is 2.